The van der Waals surface area contributed by atoms with Crippen molar-refractivity contribution in [2.45, 2.75) is 20.3 Å². The van der Waals surface area contributed by atoms with Gasteiger partial charge in [-0.25, -0.2) is 9.69 Å². The van der Waals surface area contributed by atoms with Crippen LogP contribution in [0.25, 0.3) is 6.08 Å². The lowest BCUT2D eigenvalue weighted by Gasteiger charge is -2.14. The Kier molecular flexibility index (Phi) is 5.50. The first-order valence-electron chi connectivity index (χ1n) is 8.90. The predicted molar refractivity (Wildman–Crippen MR) is 103 cm³/mol. The van der Waals surface area contributed by atoms with Crippen molar-refractivity contribution in [3.63, 3.8) is 0 Å². The molecule has 5 nitrogen and oxygen atoms in total. The predicted octanol–water partition coefficient (Wildman–Crippen LogP) is 4.09. The average molecular weight is 363 g/mol. The highest BCUT2D eigenvalue weighted by Gasteiger charge is 2.36. The molecule has 5 heteroatoms. The van der Waals surface area contributed by atoms with E-state index in [0.29, 0.717) is 34.9 Å². The molecule has 2 amide bonds. The summed E-state index contributed by atoms with van der Waals surface area (Å²) in [5, 5.41) is 0. The van der Waals surface area contributed by atoms with Gasteiger partial charge in [-0.15, -0.1) is 0 Å². The highest BCUT2D eigenvalue weighted by atomic mass is 16.5. The zero-order valence-corrected chi connectivity index (χ0v) is 15.3. The van der Waals surface area contributed by atoms with Crippen molar-refractivity contribution >= 4 is 29.5 Å². The second-order valence-electron chi connectivity index (χ2n) is 6.77. The van der Waals surface area contributed by atoms with Crippen LogP contribution >= 0.6 is 0 Å². The molecule has 0 saturated carbocycles. The van der Waals surface area contributed by atoms with Crippen LogP contribution < -0.4 is 4.90 Å². The molecule has 2 aromatic rings. The van der Waals surface area contributed by atoms with Crippen LogP contribution in [0.4, 0.5) is 5.69 Å². The lowest BCUT2D eigenvalue weighted by molar-refractivity contribution is -0.137. The lowest BCUT2D eigenvalue weighted by Crippen LogP contribution is -2.29. The number of anilines is 1. The van der Waals surface area contributed by atoms with Gasteiger partial charge in [-0.2, -0.15) is 0 Å². The number of amides is 2. The van der Waals surface area contributed by atoms with Crippen LogP contribution in [0.3, 0.4) is 0 Å². The molecule has 0 N–H and O–H groups in total. The molecule has 3 rings (SSSR count). The van der Waals surface area contributed by atoms with Crippen molar-refractivity contribution in [1.82, 2.24) is 0 Å². The third-order valence-electron chi connectivity index (χ3n) is 4.27. The number of nitrogens with zero attached hydrogens (tertiary/aromatic N) is 1. The number of hydrogen-bond acceptors (Lipinski definition) is 4. The Morgan fingerprint density at radius 2 is 1.70 bits per heavy atom. The van der Waals surface area contributed by atoms with Crippen LogP contribution in [0.5, 0.6) is 0 Å². The minimum Gasteiger partial charge on any atom is -0.463 e. The van der Waals surface area contributed by atoms with Gasteiger partial charge in [0.05, 0.1) is 23.4 Å². The number of benzene rings is 2. The van der Waals surface area contributed by atoms with E-state index in [1.165, 1.54) is 6.08 Å². The molecule has 0 bridgehead atoms. The summed E-state index contributed by atoms with van der Waals surface area (Å²) in [4.78, 5) is 38.1. The van der Waals surface area contributed by atoms with Crippen LogP contribution in [0.2, 0.25) is 0 Å². The van der Waals surface area contributed by atoms with E-state index in [9.17, 15) is 14.4 Å². The van der Waals surface area contributed by atoms with Crippen LogP contribution in [0.1, 0.15) is 46.5 Å². The maximum absolute atomic E-state index is 12.6. The largest absolute Gasteiger partial charge is 0.463 e. The van der Waals surface area contributed by atoms with Crippen molar-refractivity contribution in [2.24, 2.45) is 5.92 Å². The maximum atomic E-state index is 12.6. The normalized spacial score (nSPS) is 13.5. The smallest absolute Gasteiger partial charge is 0.330 e. The van der Waals surface area contributed by atoms with Gasteiger partial charge in [-0.1, -0.05) is 38.1 Å². The van der Waals surface area contributed by atoms with Crippen LogP contribution in [-0.2, 0) is 9.53 Å². The van der Waals surface area contributed by atoms with E-state index in [-0.39, 0.29) is 11.8 Å². The molecular formula is C22H21NO4. The van der Waals surface area contributed by atoms with Gasteiger partial charge in [0.15, 0.2) is 0 Å². The zero-order valence-electron chi connectivity index (χ0n) is 15.3. The highest BCUT2D eigenvalue weighted by molar-refractivity contribution is 6.34. The van der Waals surface area contributed by atoms with Gasteiger partial charge in [0.2, 0.25) is 0 Å². The van der Waals surface area contributed by atoms with E-state index >= 15 is 0 Å². The average Bonchev–Trinajstić information content (AvgIpc) is 2.91. The first-order valence-corrected chi connectivity index (χ1v) is 8.90. The van der Waals surface area contributed by atoms with Crippen molar-refractivity contribution in [1.29, 1.82) is 0 Å². The van der Waals surface area contributed by atoms with Crippen molar-refractivity contribution in [2.75, 3.05) is 11.5 Å². The van der Waals surface area contributed by atoms with Gasteiger partial charge in [-0.05, 0) is 48.2 Å². The fourth-order valence-corrected chi connectivity index (χ4v) is 2.80. The van der Waals surface area contributed by atoms with Crippen molar-refractivity contribution in [3.8, 4) is 0 Å². The Hall–Kier alpha value is -3.21. The first-order chi connectivity index (χ1) is 13.0. The van der Waals surface area contributed by atoms with Gasteiger partial charge in [0.25, 0.3) is 11.8 Å². The zero-order chi connectivity index (χ0) is 19.4. The Balaban J connectivity index is 1.73. The number of hydrogen-bond donors (Lipinski definition) is 0. The van der Waals surface area contributed by atoms with Crippen molar-refractivity contribution in [3.05, 3.63) is 71.3 Å². The number of carbonyl (C=O) groups excluding carboxylic acids is 3. The van der Waals surface area contributed by atoms with Crippen LogP contribution in [0.15, 0.2) is 54.6 Å². The summed E-state index contributed by atoms with van der Waals surface area (Å²) in [5.74, 6) is -0.630. The minimum absolute atomic E-state index is 0.343. The number of fused-ring (bicyclic) bond motifs is 1. The molecule has 1 heterocycles. The molecule has 1 aliphatic rings. The summed E-state index contributed by atoms with van der Waals surface area (Å²) in [5.41, 5.74) is 1.97. The molecule has 138 valence electrons. The quantitative estimate of drug-likeness (QED) is 0.440. The molecule has 0 spiro atoms. The molecular weight excluding hydrogens is 342 g/mol. The standard InChI is InChI=1S/C22H21NO4/c1-15(2)12-13-27-20(24)11-10-16-6-5-7-17(14-16)23-21(25)18-8-3-4-9-19(18)22(23)26/h3-11,14-15H,12-13H2,1-2H3. The fourth-order valence-electron chi connectivity index (χ4n) is 2.80. The number of esters is 1. The molecule has 0 saturated heterocycles. The Labute approximate surface area is 158 Å². The summed E-state index contributed by atoms with van der Waals surface area (Å²) in [6.45, 7) is 4.51. The minimum atomic E-state index is -0.415. The first kappa shape index (κ1) is 18.6. The van der Waals surface area contributed by atoms with E-state index in [4.69, 9.17) is 4.74 Å². The second kappa shape index (κ2) is 7.99. The van der Waals surface area contributed by atoms with E-state index in [2.05, 4.69) is 13.8 Å². The van der Waals surface area contributed by atoms with Gasteiger partial charge in [-0.3, -0.25) is 9.59 Å². The number of rotatable bonds is 6. The SMILES string of the molecule is CC(C)CCOC(=O)C=Cc1cccc(N2C(=O)c3ccccc3C2=O)c1. The van der Waals surface area contributed by atoms with E-state index in [0.717, 1.165) is 11.3 Å². The third kappa shape index (κ3) is 4.14. The summed E-state index contributed by atoms with van der Waals surface area (Å²) >= 11 is 0. The van der Waals surface area contributed by atoms with Crippen LogP contribution in [-0.4, -0.2) is 24.4 Å². The van der Waals surface area contributed by atoms with Gasteiger partial charge >= 0.3 is 5.97 Å². The van der Waals surface area contributed by atoms with E-state index in [1.807, 2.05) is 0 Å². The summed E-state index contributed by atoms with van der Waals surface area (Å²) in [6, 6.07) is 13.7. The third-order valence-corrected chi connectivity index (χ3v) is 4.27. The number of ether oxygens (including phenoxy) is 1. The maximum Gasteiger partial charge on any atom is 0.330 e. The molecule has 1 aliphatic heterocycles. The Morgan fingerprint density at radius 1 is 1.04 bits per heavy atom. The highest BCUT2D eigenvalue weighted by Crippen LogP contribution is 2.28. The molecule has 0 atom stereocenters. The summed E-state index contributed by atoms with van der Waals surface area (Å²) < 4.78 is 5.14. The molecule has 0 aromatic heterocycles. The summed E-state index contributed by atoms with van der Waals surface area (Å²) in [7, 11) is 0. The van der Waals surface area contributed by atoms with E-state index < -0.39 is 5.97 Å². The Morgan fingerprint density at radius 3 is 2.33 bits per heavy atom. The number of carbonyl (C=O) groups is 3. The topological polar surface area (TPSA) is 63.7 Å². The molecule has 0 fully saturated rings. The lowest BCUT2D eigenvalue weighted by atomic mass is 10.1. The fraction of sp³-hybridized carbons (Fsp3) is 0.227. The molecule has 2 aromatic carbocycles. The van der Waals surface area contributed by atoms with E-state index in [1.54, 1.807) is 54.6 Å². The van der Waals surface area contributed by atoms with Crippen LogP contribution in [0, 0.1) is 5.92 Å². The van der Waals surface area contributed by atoms with Gasteiger partial charge < -0.3 is 4.74 Å². The molecule has 27 heavy (non-hydrogen) atoms. The summed E-state index contributed by atoms with van der Waals surface area (Å²) in [6.07, 6.45) is 3.77. The molecule has 0 unspecified atom stereocenters. The van der Waals surface area contributed by atoms with Gasteiger partial charge in [0, 0.05) is 6.08 Å². The Bertz CT molecular complexity index is 879. The van der Waals surface area contributed by atoms with Gasteiger partial charge in [0.1, 0.15) is 0 Å². The molecule has 0 radical (unpaired) electrons. The molecule has 0 aliphatic carbocycles. The second-order valence-corrected chi connectivity index (χ2v) is 6.77. The van der Waals surface area contributed by atoms with Crippen molar-refractivity contribution < 1.29 is 19.1 Å². The monoisotopic (exact) mass is 363 g/mol. The number of imide groups is 1.